The van der Waals surface area contributed by atoms with Gasteiger partial charge in [0.1, 0.15) is 6.54 Å². The number of hydrogen-bond donors (Lipinski definition) is 2. The van der Waals surface area contributed by atoms with Crippen LogP contribution in [0, 0.1) is 35.5 Å². The highest BCUT2D eigenvalue weighted by Crippen LogP contribution is 2.65. The van der Waals surface area contributed by atoms with Crippen molar-refractivity contribution in [2.45, 2.75) is 12.8 Å². The van der Waals surface area contributed by atoms with Crippen molar-refractivity contribution in [1.29, 1.82) is 0 Å². The smallest absolute Gasteiger partial charge is 0.307 e. The molecule has 1 heterocycles. The van der Waals surface area contributed by atoms with E-state index in [2.05, 4.69) is 17.5 Å². The first kappa shape index (κ1) is 17.2. The minimum atomic E-state index is -0.926. The number of carboxylic acids is 1. The highest BCUT2D eigenvalue weighted by Gasteiger charge is 2.67. The first-order valence-electron chi connectivity index (χ1n) is 9.58. The van der Waals surface area contributed by atoms with Crippen LogP contribution >= 0.6 is 0 Å². The number of anilines is 1. The summed E-state index contributed by atoms with van der Waals surface area (Å²) in [5.74, 6) is -1.03. The largest absolute Gasteiger partial charge is 0.481 e. The lowest BCUT2D eigenvalue weighted by atomic mass is 9.63. The van der Waals surface area contributed by atoms with Gasteiger partial charge in [-0.3, -0.25) is 24.1 Å². The lowest BCUT2D eigenvalue weighted by Crippen LogP contribution is -2.40. The fourth-order valence-electron chi connectivity index (χ4n) is 5.40. The van der Waals surface area contributed by atoms with Crippen molar-refractivity contribution in [2.24, 2.45) is 35.5 Å². The van der Waals surface area contributed by atoms with Crippen LogP contribution in [-0.4, -0.2) is 40.2 Å². The minimum Gasteiger partial charge on any atom is -0.481 e. The maximum Gasteiger partial charge on any atom is 0.307 e. The van der Waals surface area contributed by atoms with E-state index in [0.717, 1.165) is 11.3 Å². The summed E-state index contributed by atoms with van der Waals surface area (Å²) >= 11 is 0. The molecule has 4 aliphatic carbocycles. The number of carbonyl (C=O) groups is 4. The summed E-state index contributed by atoms with van der Waals surface area (Å²) in [7, 11) is 0. The fourth-order valence-corrected chi connectivity index (χ4v) is 5.40. The van der Waals surface area contributed by atoms with E-state index in [1.165, 1.54) is 0 Å². The molecule has 1 aromatic rings. The highest BCUT2D eigenvalue weighted by atomic mass is 16.4. The zero-order valence-corrected chi connectivity index (χ0v) is 15.1. The van der Waals surface area contributed by atoms with Crippen LogP contribution in [0.2, 0.25) is 0 Å². The normalized spacial score (nSPS) is 34.2. The summed E-state index contributed by atoms with van der Waals surface area (Å²) in [4.78, 5) is 50.0. The topological polar surface area (TPSA) is 104 Å². The summed E-state index contributed by atoms with van der Waals surface area (Å²) < 4.78 is 0. The van der Waals surface area contributed by atoms with Gasteiger partial charge in [0.2, 0.25) is 17.7 Å². The number of benzene rings is 1. The Morgan fingerprint density at radius 2 is 1.57 bits per heavy atom. The molecule has 1 aromatic carbocycles. The van der Waals surface area contributed by atoms with E-state index in [-0.39, 0.29) is 48.5 Å². The number of imide groups is 1. The number of amides is 3. The zero-order chi connectivity index (χ0) is 19.6. The van der Waals surface area contributed by atoms with Crippen molar-refractivity contribution < 1.29 is 24.3 Å². The van der Waals surface area contributed by atoms with E-state index in [1.807, 2.05) is 0 Å². The number of nitrogens with one attached hydrogen (secondary N) is 1. The molecule has 1 aliphatic heterocycles. The second kappa shape index (κ2) is 6.02. The Kier molecular flexibility index (Phi) is 3.69. The van der Waals surface area contributed by atoms with Crippen LogP contribution in [0.1, 0.15) is 12.0 Å². The molecule has 3 amide bonds. The van der Waals surface area contributed by atoms with E-state index in [4.69, 9.17) is 5.11 Å². The molecule has 0 spiro atoms. The maximum atomic E-state index is 12.9. The Bertz CT molecular complexity index is 885. The van der Waals surface area contributed by atoms with Gasteiger partial charge in [0.15, 0.2) is 0 Å². The lowest BCUT2D eigenvalue weighted by molar-refractivity contribution is -0.143. The molecule has 28 heavy (non-hydrogen) atoms. The number of rotatable bonds is 5. The van der Waals surface area contributed by atoms with Crippen LogP contribution in [0.4, 0.5) is 5.69 Å². The van der Waals surface area contributed by atoms with Gasteiger partial charge >= 0.3 is 5.97 Å². The van der Waals surface area contributed by atoms with Gasteiger partial charge in [-0.15, -0.1) is 0 Å². The molecule has 2 saturated carbocycles. The Balaban J connectivity index is 1.25. The van der Waals surface area contributed by atoms with Crippen LogP contribution in [0.15, 0.2) is 36.4 Å². The predicted octanol–water partition coefficient (Wildman–Crippen LogP) is 1.31. The third kappa shape index (κ3) is 2.57. The molecule has 6 atom stereocenters. The molecule has 6 rings (SSSR count). The molecule has 5 aliphatic rings. The number of likely N-dealkylation sites (tertiary alicyclic amines) is 1. The molecular formula is C21H20N2O5. The summed E-state index contributed by atoms with van der Waals surface area (Å²) in [6, 6.07) is 6.47. The van der Waals surface area contributed by atoms with E-state index < -0.39 is 11.9 Å². The summed E-state index contributed by atoms with van der Waals surface area (Å²) in [5, 5.41) is 11.5. The average molecular weight is 380 g/mol. The summed E-state index contributed by atoms with van der Waals surface area (Å²) in [6.45, 7) is -0.281. The van der Waals surface area contributed by atoms with E-state index in [0.29, 0.717) is 23.1 Å². The minimum absolute atomic E-state index is 0.0911. The third-order valence-corrected chi connectivity index (χ3v) is 6.65. The van der Waals surface area contributed by atoms with Gasteiger partial charge in [0.25, 0.3) is 0 Å². The Hall–Kier alpha value is -2.96. The molecule has 0 radical (unpaired) electrons. The molecule has 2 N–H and O–H groups in total. The van der Waals surface area contributed by atoms with E-state index in [9.17, 15) is 19.2 Å². The molecule has 7 heteroatoms. The van der Waals surface area contributed by atoms with Gasteiger partial charge < -0.3 is 10.4 Å². The Labute approximate surface area is 161 Å². The van der Waals surface area contributed by atoms with Crippen molar-refractivity contribution in [2.75, 3.05) is 11.9 Å². The average Bonchev–Trinajstić information content (AvgIpc) is 3.44. The third-order valence-electron chi connectivity index (χ3n) is 6.65. The van der Waals surface area contributed by atoms with Gasteiger partial charge in [-0.05, 0) is 47.8 Å². The number of carbonyl (C=O) groups excluding carboxylic acids is 3. The van der Waals surface area contributed by atoms with Gasteiger partial charge in [0.05, 0.1) is 18.3 Å². The second-order valence-corrected chi connectivity index (χ2v) is 8.23. The van der Waals surface area contributed by atoms with Crippen molar-refractivity contribution in [3.63, 3.8) is 0 Å². The quantitative estimate of drug-likeness (QED) is 0.592. The van der Waals surface area contributed by atoms with Crippen LogP contribution < -0.4 is 5.32 Å². The van der Waals surface area contributed by atoms with Crippen molar-refractivity contribution >= 4 is 29.4 Å². The van der Waals surface area contributed by atoms with Crippen LogP contribution in [0.3, 0.4) is 0 Å². The van der Waals surface area contributed by atoms with Crippen molar-refractivity contribution in [3.05, 3.63) is 42.0 Å². The SMILES string of the molecule is O=C(O)Cc1ccc(NC(=O)CN2C(=O)[C@@H]3[C@H]4C=C[C@@H]([C@@H]5C[C@H]45)[C@@H]3C2=O)cc1. The molecule has 0 unspecified atom stereocenters. The number of aliphatic carboxylic acids is 1. The maximum absolute atomic E-state index is 12.9. The van der Waals surface area contributed by atoms with E-state index in [1.54, 1.807) is 24.3 Å². The first-order chi connectivity index (χ1) is 13.4. The number of allylic oxidation sites excluding steroid dienone is 2. The second-order valence-electron chi connectivity index (χ2n) is 8.23. The first-order valence-corrected chi connectivity index (χ1v) is 9.58. The molecule has 144 valence electrons. The van der Waals surface area contributed by atoms with Gasteiger partial charge in [-0.1, -0.05) is 24.3 Å². The summed E-state index contributed by atoms with van der Waals surface area (Å²) in [6.07, 6.45) is 5.22. The van der Waals surface area contributed by atoms with Crippen LogP contribution in [0.5, 0.6) is 0 Å². The Morgan fingerprint density at radius 3 is 2.11 bits per heavy atom. The highest BCUT2D eigenvalue weighted by molar-refractivity contribution is 6.09. The molecule has 2 bridgehead atoms. The summed E-state index contributed by atoms with van der Waals surface area (Å²) in [5.41, 5.74) is 1.12. The van der Waals surface area contributed by atoms with E-state index >= 15 is 0 Å². The molecule has 7 nitrogen and oxygen atoms in total. The van der Waals surface area contributed by atoms with Crippen molar-refractivity contribution in [1.82, 2.24) is 4.90 Å². The molecule has 3 fully saturated rings. The zero-order valence-electron chi connectivity index (χ0n) is 15.1. The molecular weight excluding hydrogens is 360 g/mol. The number of hydrogen-bond acceptors (Lipinski definition) is 4. The number of nitrogens with zero attached hydrogens (tertiary/aromatic N) is 1. The Morgan fingerprint density at radius 1 is 1.00 bits per heavy atom. The molecule has 0 aromatic heterocycles. The van der Waals surface area contributed by atoms with Crippen LogP contribution in [-0.2, 0) is 25.6 Å². The fraction of sp³-hybridized carbons (Fsp3) is 0.429. The monoisotopic (exact) mass is 380 g/mol. The number of carboxylic acid groups (broad SMARTS) is 1. The van der Waals surface area contributed by atoms with Gasteiger partial charge in [-0.25, -0.2) is 0 Å². The van der Waals surface area contributed by atoms with Gasteiger partial charge in [-0.2, -0.15) is 0 Å². The lowest BCUT2D eigenvalue weighted by Gasteiger charge is -2.37. The predicted molar refractivity (Wildman–Crippen MR) is 97.8 cm³/mol. The molecule has 1 saturated heterocycles. The van der Waals surface area contributed by atoms with Crippen molar-refractivity contribution in [3.8, 4) is 0 Å². The standard InChI is InChI=1S/C21H20N2O5/c24-16(22-11-3-1-10(2-4-11)7-17(25)26)9-23-20(27)18-12-5-6-13(15-8-14(12)15)19(18)21(23)28/h1-6,12-15,18-19H,7-9H2,(H,22,24)(H,25,26)/t12-,13-,14-,15+,18-,19+/m0/s1. The van der Waals surface area contributed by atoms with Gasteiger partial charge in [0, 0.05) is 5.69 Å². The van der Waals surface area contributed by atoms with Crippen LogP contribution in [0.25, 0.3) is 0 Å².